The molecule has 1 aliphatic carbocycles. The number of ether oxygens (including phenoxy) is 2. The molecule has 0 aromatic rings. The average molecular weight is 346 g/mol. The summed E-state index contributed by atoms with van der Waals surface area (Å²) in [5, 5.41) is 0. The Bertz CT molecular complexity index is 472. The Hall–Kier alpha value is -0.470. The van der Waals surface area contributed by atoms with E-state index in [4.69, 9.17) is 9.47 Å². The number of rotatable bonds is 10. The topological polar surface area (TPSA) is 59.1 Å². The minimum absolute atomic E-state index is 0.248. The monoisotopic (exact) mass is 346 g/mol. The third-order valence-electron chi connectivity index (χ3n) is 4.55. The summed E-state index contributed by atoms with van der Waals surface area (Å²) in [6.45, 7) is 10.8. The van der Waals surface area contributed by atoms with Crippen LogP contribution in [-0.2, 0) is 19.5 Å². The molecule has 2 atom stereocenters. The Kier molecular flexibility index (Phi) is 7.03. The zero-order chi connectivity index (χ0) is 16.9. The zero-order valence-corrected chi connectivity index (χ0v) is 15.1. The molecular weight excluding hydrogens is 316 g/mol. The van der Waals surface area contributed by atoms with Gasteiger partial charge in [0.2, 0.25) is 10.0 Å². The van der Waals surface area contributed by atoms with E-state index in [2.05, 4.69) is 11.5 Å². The van der Waals surface area contributed by atoms with Gasteiger partial charge in [-0.05, 0) is 25.7 Å². The molecule has 6 nitrogen and oxygen atoms in total. The molecule has 2 rings (SSSR count). The number of morpholine rings is 1. The predicted molar refractivity (Wildman–Crippen MR) is 90.9 cm³/mol. The molecule has 2 fully saturated rings. The lowest BCUT2D eigenvalue weighted by Gasteiger charge is -2.34. The van der Waals surface area contributed by atoms with E-state index in [1.807, 2.05) is 6.92 Å². The summed E-state index contributed by atoms with van der Waals surface area (Å²) in [5.74, 6) is 0.643. The van der Waals surface area contributed by atoms with Crippen molar-refractivity contribution in [3.05, 3.63) is 12.7 Å². The molecule has 0 aromatic heterocycles. The third kappa shape index (κ3) is 6.15. The molecule has 0 aromatic carbocycles. The first-order valence-electron chi connectivity index (χ1n) is 8.43. The lowest BCUT2D eigenvalue weighted by atomic mass is 10.2. The Balaban J connectivity index is 1.92. The van der Waals surface area contributed by atoms with Crippen molar-refractivity contribution >= 4 is 10.0 Å². The first kappa shape index (κ1) is 18.9. The van der Waals surface area contributed by atoms with Crippen molar-refractivity contribution < 1.29 is 17.9 Å². The highest BCUT2D eigenvalue weighted by Crippen LogP contribution is 2.29. The molecule has 2 aliphatic rings. The minimum Gasteiger partial charge on any atom is -0.379 e. The Morgan fingerprint density at radius 2 is 2.04 bits per heavy atom. The van der Waals surface area contributed by atoms with Crippen molar-refractivity contribution in [2.45, 2.75) is 31.9 Å². The molecule has 0 radical (unpaired) electrons. The highest BCUT2D eigenvalue weighted by Gasteiger charge is 2.31. The number of hydrogen-bond donors (Lipinski definition) is 0. The molecule has 7 heteroatoms. The first-order valence-corrected chi connectivity index (χ1v) is 10.3. The van der Waals surface area contributed by atoms with Gasteiger partial charge in [-0.3, -0.25) is 4.90 Å². The quantitative estimate of drug-likeness (QED) is 0.551. The van der Waals surface area contributed by atoms with Crippen molar-refractivity contribution in [3.63, 3.8) is 0 Å². The van der Waals surface area contributed by atoms with Gasteiger partial charge in [-0.25, -0.2) is 8.42 Å². The minimum atomic E-state index is -3.30. The maximum atomic E-state index is 12.2. The van der Waals surface area contributed by atoms with Crippen LogP contribution in [0.5, 0.6) is 0 Å². The lowest BCUT2D eigenvalue weighted by Crippen LogP contribution is -2.49. The average Bonchev–Trinajstić information content (AvgIpc) is 3.32. The summed E-state index contributed by atoms with van der Waals surface area (Å²) in [6.07, 6.45) is 5.15. The van der Waals surface area contributed by atoms with E-state index in [-0.39, 0.29) is 12.1 Å². The van der Waals surface area contributed by atoms with Crippen molar-refractivity contribution in [3.8, 4) is 0 Å². The fourth-order valence-electron chi connectivity index (χ4n) is 2.84. The van der Waals surface area contributed by atoms with Gasteiger partial charge in [-0.2, -0.15) is 4.31 Å². The molecule has 1 saturated carbocycles. The van der Waals surface area contributed by atoms with Gasteiger partial charge in [0.15, 0.2) is 0 Å². The second kappa shape index (κ2) is 8.58. The van der Waals surface area contributed by atoms with E-state index in [1.54, 1.807) is 10.4 Å². The van der Waals surface area contributed by atoms with Crippen LogP contribution >= 0.6 is 0 Å². The van der Waals surface area contributed by atoms with E-state index in [0.29, 0.717) is 38.8 Å². The number of nitrogens with zero attached hydrogens (tertiary/aromatic N) is 2. The van der Waals surface area contributed by atoms with Gasteiger partial charge in [0, 0.05) is 26.2 Å². The maximum absolute atomic E-state index is 12.2. The van der Waals surface area contributed by atoms with E-state index in [0.717, 1.165) is 13.1 Å². The second-order valence-electron chi connectivity index (χ2n) is 6.55. The molecular formula is C16H30N2O4S. The highest BCUT2D eigenvalue weighted by molar-refractivity contribution is 7.88. The molecule has 1 saturated heterocycles. The van der Waals surface area contributed by atoms with E-state index >= 15 is 0 Å². The predicted octanol–water partition coefficient (Wildman–Crippen LogP) is 0.950. The third-order valence-corrected chi connectivity index (χ3v) is 5.92. The standard InChI is InChI=1S/C16H30N2O4S/c1-4-16(22-13-15-5-6-15)14(2)18(23(3,19)20)8-7-17-9-11-21-12-10-17/h4,14-16H,1,5-13H2,2-3H3. The normalized spacial score (nSPS) is 22.9. The fourth-order valence-corrected chi connectivity index (χ4v) is 3.97. The van der Waals surface area contributed by atoms with Crippen LogP contribution in [0.15, 0.2) is 12.7 Å². The zero-order valence-electron chi connectivity index (χ0n) is 14.3. The summed E-state index contributed by atoms with van der Waals surface area (Å²) in [5.41, 5.74) is 0. The highest BCUT2D eigenvalue weighted by atomic mass is 32.2. The largest absolute Gasteiger partial charge is 0.379 e. The SMILES string of the molecule is C=CC(OCC1CC1)C(C)N(CCN1CCOCC1)S(C)(=O)=O. The van der Waals surface area contributed by atoms with Crippen LogP contribution < -0.4 is 0 Å². The number of sulfonamides is 1. The molecule has 0 spiro atoms. The van der Waals surface area contributed by atoms with Crippen molar-refractivity contribution in [2.24, 2.45) is 5.92 Å². The molecule has 0 amide bonds. The summed E-state index contributed by atoms with van der Waals surface area (Å²) >= 11 is 0. The molecule has 134 valence electrons. The van der Waals surface area contributed by atoms with Crippen molar-refractivity contribution in [1.29, 1.82) is 0 Å². The summed E-state index contributed by atoms with van der Waals surface area (Å²) in [6, 6.07) is -0.248. The van der Waals surface area contributed by atoms with Gasteiger partial charge in [0.1, 0.15) is 0 Å². The Labute approximate surface area is 140 Å². The lowest BCUT2D eigenvalue weighted by molar-refractivity contribution is 0.0221. The van der Waals surface area contributed by atoms with Gasteiger partial charge in [-0.1, -0.05) is 6.08 Å². The van der Waals surface area contributed by atoms with E-state index in [9.17, 15) is 8.42 Å². The van der Waals surface area contributed by atoms with Crippen LogP contribution in [0.25, 0.3) is 0 Å². The second-order valence-corrected chi connectivity index (χ2v) is 8.48. The van der Waals surface area contributed by atoms with Crippen LogP contribution in [0, 0.1) is 5.92 Å². The summed E-state index contributed by atoms with van der Waals surface area (Å²) < 4.78 is 37.2. The van der Waals surface area contributed by atoms with Crippen LogP contribution in [0.3, 0.4) is 0 Å². The molecule has 2 unspecified atom stereocenters. The molecule has 23 heavy (non-hydrogen) atoms. The fraction of sp³-hybridized carbons (Fsp3) is 0.875. The summed E-state index contributed by atoms with van der Waals surface area (Å²) in [4.78, 5) is 2.24. The van der Waals surface area contributed by atoms with Crippen LogP contribution in [0.1, 0.15) is 19.8 Å². The van der Waals surface area contributed by atoms with Gasteiger partial charge in [-0.15, -0.1) is 6.58 Å². The Morgan fingerprint density at radius 1 is 1.39 bits per heavy atom. The molecule has 0 N–H and O–H groups in total. The van der Waals surface area contributed by atoms with Crippen LogP contribution in [0.4, 0.5) is 0 Å². The van der Waals surface area contributed by atoms with E-state index in [1.165, 1.54) is 19.1 Å². The smallest absolute Gasteiger partial charge is 0.211 e. The molecule has 1 heterocycles. The van der Waals surface area contributed by atoms with Gasteiger partial charge < -0.3 is 9.47 Å². The van der Waals surface area contributed by atoms with Crippen molar-refractivity contribution in [2.75, 3.05) is 52.3 Å². The van der Waals surface area contributed by atoms with Gasteiger partial charge in [0.25, 0.3) is 0 Å². The number of hydrogen-bond acceptors (Lipinski definition) is 5. The summed E-state index contributed by atoms with van der Waals surface area (Å²) in [7, 11) is -3.30. The van der Waals surface area contributed by atoms with Crippen LogP contribution in [-0.4, -0.2) is 82.0 Å². The Morgan fingerprint density at radius 3 is 2.57 bits per heavy atom. The van der Waals surface area contributed by atoms with Crippen LogP contribution in [0.2, 0.25) is 0 Å². The van der Waals surface area contributed by atoms with Gasteiger partial charge >= 0.3 is 0 Å². The van der Waals surface area contributed by atoms with Gasteiger partial charge in [0.05, 0.1) is 38.2 Å². The first-order chi connectivity index (χ1) is 10.9. The van der Waals surface area contributed by atoms with E-state index < -0.39 is 10.0 Å². The van der Waals surface area contributed by atoms with Crippen molar-refractivity contribution in [1.82, 2.24) is 9.21 Å². The molecule has 1 aliphatic heterocycles. The molecule has 0 bridgehead atoms. The maximum Gasteiger partial charge on any atom is 0.211 e.